The van der Waals surface area contributed by atoms with Crippen LogP contribution in [0.4, 0.5) is 0 Å². The molecule has 0 aliphatic heterocycles. The maximum Gasteiger partial charge on any atom is 0.326 e. The van der Waals surface area contributed by atoms with E-state index in [0.29, 0.717) is 77.5 Å². The van der Waals surface area contributed by atoms with Gasteiger partial charge in [-0.1, -0.05) is 0 Å². The third-order valence-corrected chi connectivity index (χ3v) is 8.04. The zero-order valence-corrected chi connectivity index (χ0v) is 29.3. The van der Waals surface area contributed by atoms with E-state index in [1.54, 1.807) is 0 Å². The van der Waals surface area contributed by atoms with Crippen molar-refractivity contribution in [3.63, 3.8) is 0 Å². The van der Waals surface area contributed by atoms with Crippen molar-refractivity contribution in [2.24, 2.45) is 28.7 Å². The van der Waals surface area contributed by atoms with Gasteiger partial charge in [-0.05, 0) is 103 Å². The first-order chi connectivity index (χ1) is 23.4. The Labute approximate surface area is 293 Å². The maximum absolute atomic E-state index is 13.6. The number of aliphatic hydroxyl groups is 1. The highest BCUT2D eigenvalue weighted by molar-refractivity contribution is 7.80. The molecule has 0 aromatic rings. The third-order valence-electron chi connectivity index (χ3n) is 7.65. The lowest BCUT2D eigenvalue weighted by Gasteiger charge is -2.27. The molecule has 0 aromatic carbocycles. The summed E-state index contributed by atoms with van der Waals surface area (Å²) in [7, 11) is 0. The molecule has 18 nitrogen and oxygen atoms in total. The number of carboxylic acids is 1. The number of unbranched alkanes of at least 4 members (excludes halogenated alkanes) is 4. The van der Waals surface area contributed by atoms with Crippen molar-refractivity contribution in [3.05, 3.63) is 0 Å². The molecule has 0 aliphatic rings. The van der Waals surface area contributed by atoms with Crippen LogP contribution in [-0.4, -0.2) is 121 Å². The van der Waals surface area contributed by atoms with Crippen LogP contribution in [0.15, 0.2) is 0 Å². The van der Waals surface area contributed by atoms with Crippen LogP contribution >= 0.6 is 12.6 Å². The molecule has 0 heterocycles. The molecule has 5 amide bonds. The van der Waals surface area contributed by atoms with Crippen molar-refractivity contribution in [2.75, 3.05) is 38.5 Å². The van der Waals surface area contributed by atoms with E-state index in [9.17, 15) is 39.0 Å². The Morgan fingerprint density at radius 3 is 1.06 bits per heavy atom. The van der Waals surface area contributed by atoms with Crippen LogP contribution in [0.25, 0.3) is 0 Å². The molecule has 19 heteroatoms. The second kappa shape index (κ2) is 27.7. The zero-order valence-electron chi connectivity index (χ0n) is 28.4. The fraction of sp³-hybridized carbons (Fsp3) is 0.800. The minimum atomic E-state index is -1.41. The van der Waals surface area contributed by atoms with Crippen LogP contribution in [-0.2, 0) is 28.8 Å². The van der Waals surface area contributed by atoms with Gasteiger partial charge in [0.2, 0.25) is 29.5 Å². The second-order valence-electron chi connectivity index (χ2n) is 11.8. The summed E-state index contributed by atoms with van der Waals surface area (Å²) in [5.41, 5.74) is 28.0. The molecule has 0 radical (unpaired) electrons. The minimum absolute atomic E-state index is 0.00615. The van der Waals surface area contributed by atoms with Crippen LogP contribution in [0.2, 0.25) is 0 Å². The molecule has 0 aromatic heterocycles. The SMILES string of the molecule is NCCCC[C@H](NC(=O)[C@H](CCCCN)NC(=O)[C@H](CCCCN)NC(=O)[C@H](CCCCN)NC(=O)[C@@H](CO)NC(=O)[C@H](N)CS)C(=O)O. The molecule has 0 spiro atoms. The average Bonchev–Trinajstić information content (AvgIpc) is 3.08. The molecule has 284 valence electrons. The fourth-order valence-electron chi connectivity index (χ4n) is 4.68. The van der Waals surface area contributed by atoms with Crippen molar-refractivity contribution < 1.29 is 39.0 Å². The number of aliphatic hydroxyl groups excluding tert-OH is 1. The first-order valence-corrected chi connectivity index (χ1v) is 17.6. The van der Waals surface area contributed by atoms with E-state index >= 15 is 0 Å². The van der Waals surface area contributed by atoms with Crippen molar-refractivity contribution in [1.82, 2.24) is 26.6 Å². The molecule has 0 fully saturated rings. The van der Waals surface area contributed by atoms with E-state index < -0.39 is 78.4 Å². The van der Waals surface area contributed by atoms with Gasteiger partial charge in [0.05, 0.1) is 12.6 Å². The Hall–Kier alpha value is -3.07. The number of nitrogens with two attached hydrogens (primary N) is 5. The molecular weight excluding hydrogens is 660 g/mol. The lowest BCUT2D eigenvalue weighted by atomic mass is 10.0. The zero-order chi connectivity index (χ0) is 37.2. The number of carbonyl (C=O) groups is 6. The molecule has 17 N–H and O–H groups in total. The summed E-state index contributed by atoms with van der Waals surface area (Å²) in [6.07, 6.45) is 4.58. The number of hydrogen-bond acceptors (Lipinski definition) is 13. The first kappa shape index (κ1) is 45.9. The summed E-state index contributed by atoms with van der Waals surface area (Å²) >= 11 is 3.95. The molecular formula is C30H60N10O8S. The Bertz CT molecular complexity index is 1010. The number of hydrogen-bond donors (Lipinski definition) is 13. The number of rotatable bonds is 29. The van der Waals surface area contributed by atoms with E-state index in [1.165, 1.54) is 0 Å². The molecule has 0 bridgehead atoms. The lowest BCUT2D eigenvalue weighted by Crippen LogP contribution is -2.59. The van der Waals surface area contributed by atoms with Crippen molar-refractivity contribution in [2.45, 2.75) is 113 Å². The van der Waals surface area contributed by atoms with Gasteiger partial charge in [0.1, 0.15) is 30.2 Å². The van der Waals surface area contributed by atoms with Crippen LogP contribution in [0.1, 0.15) is 77.0 Å². The second-order valence-corrected chi connectivity index (χ2v) is 12.1. The number of aliphatic carboxylic acids is 1. The minimum Gasteiger partial charge on any atom is -0.480 e. The standard InChI is InChI=1S/C30H60N10O8S/c31-13-5-1-9-20(26(43)37-22(11-3-7-15-33)28(45)39-23(30(47)48)12-4-8-16-34)36-27(44)21(10-2-6-14-32)38-29(46)24(17-41)40-25(42)19(35)18-49/h19-24,41,49H,1-18,31-35H2,(H,36,44)(H,37,43)(H,38,46)(H,39,45)(H,40,42)(H,47,48)/t19-,20+,21+,22+,23+,24-/m1/s1. The van der Waals surface area contributed by atoms with Gasteiger partial charge in [0.15, 0.2) is 0 Å². The number of carboxylic acid groups (broad SMARTS) is 1. The molecule has 0 unspecified atom stereocenters. The largest absolute Gasteiger partial charge is 0.480 e. The maximum atomic E-state index is 13.6. The summed E-state index contributed by atoms with van der Waals surface area (Å²) in [4.78, 5) is 77.5. The van der Waals surface area contributed by atoms with Gasteiger partial charge < -0.3 is 65.5 Å². The number of thiol groups is 1. The predicted molar refractivity (Wildman–Crippen MR) is 188 cm³/mol. The summed E-state index contributed by atoms with van der Waals surface area (Å²) in [5.74, 6) is -4.91. The molecule has 6 atom stereocenters. The summed E-state index contributed by atoms with van der Waals surface area (Å²) in [6, 6.07) is -7.09. The van der Waals surface area contributed by atoms with Gasteiger partial charge >= 0.3 is 5.97 Å². The Kier molecular flexibility index (Phi) is 26.0. The van der Waals surface area contributed by atoms with Gasteiger partial charge in [0, 0.05) is 5.75 Å². The Morgan fingerprint density at radius 2 is 0.776 bits per heavy atom. The molecule has 0 rings (SSSR count). The van der Waals surface area contributed by atoms with Gasteiger partial charge in [0.25, 0.3) is 0 Å². The molecule has 49 heavy (non-hydrogen) atoms. The normalized spacial score (nSPS) is 14.8. The van der Waals surface area contributed by atoms with Gasteiger partial charge in [-0.25, -0.2) is 4.79 Å². The van der Waals surface area contributed by atoms with Crippen LogP contribution < -0.4 is 55.3 Å². The Morgan fingerprint density at radius 1 is 0.490 bits per heavy atom. The summed E-state index contributed by atoms with van der Waals surface area (Å²) in [6.45, 7) is 0.595. The lowest BCUT2D eigenvalue weighted by molar-refractivity contribution is -0.142. The Balaban J connectivity index is 6.06. The monoisotopic (exact) mass is 720 g/mol. The predicted octanol–water partition coefficient (Wildman–Crippen LogP) is -3.74. The number of amides is 5. The van der Waals surface area contributed by atoms with E-state index in [0.717, 1.165) is 0 Å². The van der Waals surface area contributed by atoms with Crippen molar-refractivity contribution in [1.29, 1.82) is 0 Å². The van der Waals surface area contributed by atoms with Crippen LogP contribution in [0.5, 0.6) is 0 Å². The molecule has 0 aliphatic carbocycles. The smallest absolute Gasteiger partial charge is 0.326 e. The van der Waals surface area contributed by atoms with E-state index in [1.807, 2.05) is 0 Å². The van der Waals surface area contributed by atoms with Gasteiger partial charge in [-0.3, -0.25) is 24.0 Å². The van der Waals surface area contributed by atoms with Gasteiger partial charge in [-0.2, -0.15) is 12.6 Å². The molecule has 0 saturated heterocycles. The summed E-state index contributed by atoms with van der Waals surface area (Å²) < 4.78 is 0. The molecule has 0 saturated carbocycles. The number of nitrogens with one attached hydrogen (secondary N) is 5. The van der Waals surface area contributed by atoms with Gasteiger partial charge in [-0.15, -0.1) is 0 Å². The van der Waals surface area contributed by atoms with E-state index in [2.05, 4.69) is 39.2 Å². The van der Waals surface area contributed by atoms with Crippen molar-refractivity contribution >= 4 is 48.1 Å². The fourth-order valence-corrected chi connectivity index (χ4v) is 4.85. The average molecular weight is 721 g/mol. The first-order valence-electron chi connectivity index (χ1n) is 16.9. The summed E-state index contributed by atoms with van der Waals surface area (Å²) in [5, 5.41) is 32.1. The van der Waals surface area contributed by atoms with Crippen molar-refractivity contribution in [3.8, 4) is 0 Å². The van der Waals surface area contributed by atoms with Crippen LogP contribution in [0, 0.1) is 0 Å². The van der Waals surface area contributed by atoms with E-state index in [-0.39, 0.29) is 31.4 Å². The highest BCUT2D eigenvalue weighted by Gasteiger charge is 2.32. The highest BCUT2D eigenvalue weighted by atomic mass is 32.1. The van der Waals surface area contributed by atoms with E-state index in [4.69, 9.17) is 28.7 Å². The third kappa shape index (κ3) is 19.6. The quantitative estimate of drug-likeness (QED) is 0.0261. The topological polar surface area (TPSA) is 333 Å². The van der Waals surface area contributed by atoms with Crippen LogP contribution in [0.3, 0.4) is 0 Å². The number of carbonyl (C=O) groups excluding carboxylic acids is 5. The highest BCUT2D eigenvalue weighted by Crippen LogP contribution is 2.09.